The Labute approximate surface area is 208 Å². The van der Waals surface area contributed by atoms with E-state index in [2.05, 4.69) is 21.9 Å². The summed E-state index contributed by atoms with van der Waals surface area (Å²) in [5.41, 5.74) is 2.55. The minimum atomic E-state index is -0.651. The van der Waals surface area contributed by atoms with Crippen LogP contribution in [-0.4, -0.2) is 74.2 Å². The van der Waals surface area contributed by atoms with Crippen LogP contribution in [0.1, 0.15) is 44.9 Å². The summed E-state index contributed by atoms with van der Waals surface area (Å²) < 4.78 is 17.7. The zero-order valence-corrected chi connectivity index (χ0v) is 21.1. The number of nitrogens with zero attached hydrogens (tertiary/aromatic N) is 2. The monoisotopic (exact) mass is 490 g/mol. The molecule has 1 saturated carbocycles. The molecule has 7 heteroatoms. The predicted octanol–water partition coefficient (Wildman–Crippen LogP) is 4.40. The van der Waals surface area contributed by atoms with Crippen molar-refractivity contribution in [3.05, 3.63) is 35.6 Å². The number of rotatable bonds is 8. The van der Waals surface area contributed by atoms with Gasteiger partial charge in [-0.25, -0.2) is 0 Å². The van der Waals surface area contributed by atoms with Gasteiger partial charge in [-0.1, -0.05) is 18.6 Å². The molecule has 1 aromatic rings. The fourth-order valence-electron chi connectivity index (χ4n) is 6.31. The molecule has 1 N–H and O–H groups in total. The van der Waals surface area contributed by atoms with Crippen LogP contribution in [0.5, 0.6) is 5.75 Å². The second-order valence-corrected chi connectivity index (χ2v) is 10.8. The van der Waals surface area contributed by atoms with Gasteiger partial charge in [0.2, 0.25) is 0 Å². The maximum absolute atomic E-state index is 10.4. The van der Waals surface area contributed by atoms with Crippen LogP contribution < -0.4 is 9.64 Å². The van der Waals surface area contributed by atoms with E-state index in [1.54, 1.807) is 7.11 Å². The molecule has 0 radical (unpaired) electrons. The van der Waals surface area contributed by atoms with Gasteiger partial charge in [-0.2, -0.15) is 0 Å². The summed E-state index contributed by atoms with van der Waals surface area (Å²) in [5, 5.41) is 10.4. The molecule has 0 aromatic heterocycles. The lowest BCUT2D eigenvalue weighted by atomic mass is 9.79. The third kappa shape index (κ3) is 5.20. The number of allylic oxidation sites excluding steroid dienone is 1. The number of aliphatic hydroxyl groups excluding tert-OH is 1. The number of unbranched alkanes of at least 4 members (excludes halogenated alkanes) is 1. The topological polar surface area (TPSA) is 54.4 Å². The Morgan fingerprint density at radius 3 is 2.74 bits per heavy atom. The van der Waals surface area contributed by atoms with E-state index in [1.807, 2.05) is 12.1 Å². The van der Waals surface area contributed by atoms with Crippen LogP contribution >= 0.6 is 11.6 Å². The number of hydrogen-bond acceptors (Lipinski definition) is 6. The molecule has 5 atom stereocenters. The Morgan fingerprint density at radius 2 is 1.91 bits per heavy atom. The summed E-state index contributed by atoms with van der Waals surface area (Å²) >= 11 is 6.75. The molecule has 0 spiro atoms. The highest BCUT2D eigenvalue weighted by atomic mass is 35.5. The minimum absolute atomic E-state index is 0.00176. The number of aliphatic hydroxyl groups is 1. The van der Waals surface area contributed by atoms with Gasteiger partial charge in [-0.05, 0) is 62.3 Å². The van der Waals surface area contributed by atoms with Crippen LogP contribution in [-0.2, 0) is 9.47 Å². The lowest BCUT2D eigenvalue weighted by Crippen LogP contribution is -2.46. The Kier molecular flexibility index (Phi) is 7.89. The summed E-state index contributed by atoms with van der Waals surface area (Å²) in [6, 6.07) is 8.27. The van der Waals surface area contributed by atoms with Gasteiger partial charge in [-0.3, -0.25) is 4.90 Å². The molecular formula is C27H39ClN2O4. The van der Waals surface area contributed by atoms with E-state index in [4.69, 9.17) is 25.8 Å². The van der Waals surface area contributed by atoms with E-state index in [9.17, 15) is 5.11 Å². The van der Waals surface area contributed by atoms with Crippen molar-refractivity contribution in [2.45, 2.75) is 62.7 Å². The van der Waals surface area contributed by atoms with Gasteiger partial charge < -0.3 is 24.2 Å². The highest BCUT2D eigenvalue weighted by Crippen LogP contribution is 2.49. The first-order valence-corrected chi connectivity index (χ1v) is 13.5. The number of alkyl halides is 1. The molecule has 2 fully saturated rings. The summed E-state index contributed by atoms with van der Waals surface area (Å²) in [5.74, 6) is 2.64. The summed E-state index contributed by atoms with van der Waals surface area (Å²) in [4.78, 5) is 4.96. The average Bonchev–Trinajstić information content (AvgIpc) is 3.36. The molecule has 2 aliphatic carbocycles. The molecular weight excluding hydrogens is 452 g/mol. The molecule has 2 heterocycles. The number of methoxy groups -OCH3 is 1. The first kappa shape index (κ1) is 24.2. The number of anilines is 1. The number of piperazine rings is 1. The summed E-state index contributed by atoms with van der Waals surface area (Å²) in [6.07, 6.45) is 6.43. The number of ether oxygens (including phenoxy) is 3. The number of hydrogen-bond donors (Lipinski definition) is 1. The second kappa shape index (κ2) is 11.1. The van der Waals surface area contributed by atoms with E-state index < -0.39 is 6.29 Å². The highest BCUT2D eigenvalue weighted by molar-refractivity contribution is 6.21. The van der Waals surface area contributed by atoms with Gasteiger partial charge in [-0.15, -0.1) is 11.6 Å². The molecule has 6 nitrogen and oxygen atoms in total. The number of halogens is 1. The predicted molar refractivity (Wildman–Crippen MR) is 134 cm³/mol. The SMILES string of the molecule is COc1ccccc1N1CCN(CCCCO[C@H]2CC3=C(C[C@H]2Cl)C2CCC[C@@H]2[C@H](O)O3)CC1. The van der Waals surface area contributed by atoms with Crippen LogP contribution in [0.3, 0.4) is 0 Å². The zero-order valence-electron chi connectivity index (χ0n) is 20.3. The summed E-state index contributed by atoms with van der Waals surface area (Å²) in [6.45, 7) is 6.03. The van der Waals surface area contributed by atoms with E-state index in [0.29, 0.717) is 12.3 Å². The van der Waals surface area contributed by atoms with E-state index in [1.165, 1.54) is 17.7 Å². The first-order chi connectivity index (χ1) is 16.6. The van der Waals surface area contributed by atoms with Crippen molar-refractivity contribution in [3.8, 4) is 5.75 Å². The number of para-hydroxylation sites is 2. The standard InChI is InChI=1S/C27H39ClN2O4/c1-32-24-10-3-2-9-23(24)30-14-12-29(13-15-30)11-4-5-16-33-26-18-25-21(17-22(26)28)19-7-6-8-20(19)27(31)34-25/h2-3,9-10,19-20,22,26-27,31H,4-8,11-18H2,1H3/t19?,20-,22+,26-,27+/m0/s1. The molecule has 34 heavy (non-hydrogen) atoms. The Balaban J connectivity index is 1.02. The smallest absolute Gasteiger partial charge is 0.200 e. The molecule has 4 aliphatic rings. The van der Waals surface area contributed by atoms with Crippen molar-refractivity contribution >= 4 is 17.3 Å². The van der Waals surface area contributed by atoms with Crippen LogP contribution in [0, 0.1) is 11.8 Å². The lowest BCUT2D eigenvalue weighted by Gasteiger charge is -2.40. The molecule has 1 saturated heterocycles. The van der Waals surface area contributed by atoms with Gasteiger partial charge in [0.05, 0.1) is 24.3 Å². The molecule has 1 unspecified atom stereocenters. The molecule has 5 rings (SSSR count). The van der Waals surface area contributed by atoms with E-state index in [0.717, 1.165) is 82.9 Å². The van der Waals surface area contributed by atoms with Crippen molar-refractivity contribution in [1.82, 2.24) is 4.90 Å². The van der Waals surface area contributed by atoms with Gasteiger partial charge in [0, 0.05) is 45.1 Å². The third-order valence-electron chi connectivity index (χ3n) is 8.21. The Hall–Kier alpha value is -1.47. The van der Waals surface area contributed by atoms with Gasteiger partial charge >= 0.3 is 0 Å². The van der Waals surface area contributed by atoms with Crippen molar-refractivity contribution in [1.29, 1.82) is 0 Å². The molecule has 0 bridgehead atoms. The molecule has 0 amide bonds. The van der Waals surface area contributed by atoms with Gasteiger partial charge in [0.25, 0.3) is 0 Å². The zero-order chi connectivity index (χ0) is 23.5. The minimum Gasteiger partial charge on any atom is -0.495 e. The van der Waals surface area contributed by atoms with E-state index >= 15 is 0 Å². The normalized spacial score (nSPS) is 31.7. The summed E-state index contributed by atoms with van der Waals surface area (Å²) in [7, 11) is 1.74. The molecule has 188 valence electrons. The van der Waals surface area contributed by atoms with Crippen molar-refractivity contribution in [2.24, 2.45) is 11.8 Å². The number of benzene rings is 1. The maximum Gasteiger partial charge on any atom is 0.200 e. The fourth-order valence-corrected chi connectivity index (χ4v) is 6.64. The quantitative estimate of drug-likeness (QED) is 0.430. The lowest BCUT2D eigenvalue weighted by molar-refractivity contribution is -0.134. The van der Waals surface area contributed by atoms with Crippen molar-refractivity contribution in [2.75, 3.05) is 51.3 Å². The highest BCUT2D eigenvalue weighted by Gasteiger charge is 2.45. The van der Waals surface area contributed by atoms with Gasteiger partial charge in [0.15, 0.2) is 6.29 Å². The maximum atomic E-state index is 10.4. The van der Waals surface area contributed by atoms with Crippen molar-refractivity contribution in [3.63, 3.8) is 0 Å². The molecule has 2 aliphatic heterocycles. The number of fused-ring (bicyclic) bond motifs is 2. The van der Waals surface area contributed by atoms with Gasteiger partial charge in [0.1, 0.15) is 11.5 Å². The fraction of sp³-hybridized carbons (Fsp3) is 0.704. The Morgan fingerprint density at radius 1 is 1.09 bits per heavy atom. The Bertz CT molecular complexity index is 857. The van der Waals surface area contributed by atoms with E-state index in [-0.39, 0.29) is 17.4 Å². The average molecular weight is 491 g/mol. The molecule has 1 aromatic carbocycles. The second-order valence-electron chi connectivity index (χ2n) is 10.2. The van der Waals surface area contributed by atoms with Crippen LogP contribution in [0.15, 0.2) is 35.6 Å². The largest absolute Gasteiger partial charge is 0.495 e. The van der Waals surface area contributed by atoms with Crippen molar-refractivity contribution < 1.29 is 19.3 Å². The van der Waals surface area contributed by atoms with Crippen LogP contribution in [0.25, 0.3) is 0 Å². The first-order valence-electron chi connectivity index (χ1n) is 13.1. The third-order valence-corrected chi connectivity index (χ3v) is 8.64. The van der Waals surface area contributed by atoms with Crippen LogP contribution in [0.2, 0.25) is 0 Å². The van der Waals surface area contributed by atoms with Crippen LogP contribution in [0.4, 0.5) is 5.69 Å².